The van der Waals surface area contributed by atoms with Gasteiger partial charge in [0, 0.05) is 45.0 Å². The summed E-state index contributed by atoms with van der Waals surface area (Å²) in [4.78, 5) is 16.5. The minimum absolute atomic E-state index is 0.00274. The molecule has 1 fully saturated rings. The molecule has 26 heavy (non-hydrogen) atoms. The number of anilines is 1. The molecule has 1 aromatic rings. The van der Waals surface area contributed by atoms with Crippen LogP contribution in [0.15, 0.2) is 18.2 Å². The van der Waals surface area contributed by atoms with E-state index in [2.05, 4.69) is 10.2 Å². The van der Waals surface area contributed by atoms with E-state index in [-0.39, 0.29) is 11.6 Å². The van der Waals surface area contributed by atoms with E-state index in [1.165, 1.54) is 6.07 Å². The Kier molecular flexibility index (Phi) is 5.87. The highest BCUT2D eigenvalue weighted by atomic mass is 19.4. The summed E-state index contributed by atoms with van der Waals surface area (Å²) in [6, 6.07) is 3.15. The number of piperazine rings is 1. The van der Waals surface area contributed by atoms with Crippen molar-refractivity contribution < 1.29 is 23.1 Å². The van der Waals surface area contributed by atoms with Gasteiger partial charge in [-0.1, -0.05) is 0 Å². The van der Waals surface area contributed by atoms with Crippen LogP contribution in [0.4, 0.5) is 18.9 Å². The number of amides is 1. The van der Waals surface area contributed by atoms with Crippen LogP contribution in [0.25, 0.3) is 0 Å². The zero-order valence-corrected chi connectivity index (χ0v) is 15.5. The highest BCUT2D eigenvalue weighted by Gasteiger charge is 2.34. The third-order valence-corrected chi connectivity index (χ3v) is 4.49. The van der Waals surface area contributed by atoms with Crippen LogP contribution in [0.5, 0.6) is 0 Å². The van der Waals surface area contributed by atoms with E-state index in [1.54, 1.807) is 25.8 Å². The summed E-state index contributed by atoms with van der Waals surface area (Å²) in [6.07, 6.45) is -4.50. The molecule has 0 bridgehead atoms. The molecule has 146 valence electrons. The van der Waals surface area contributed by atoms with Crippen LogP contribution in [0.2, 0.25) is 0 Å². The Morgan fingerprint density at radius 3 is 2.46 bits per heavy atom. The fraction of sp³-hybridized carbons (Fsp3) is 0.611. The van der Waals surface area contributed by atoms with Crippen LogP contribution in [0, 0.1) is 0 Å². The number of rotatable bonds is 4. The van der Waals surface area contributed by atoms with Gasteiger partial charge in [0.2, 0.25) is 0 Å². The number of halogens is 3. The molecule has 1 saturated heterocycles. The van der Waals surface area contributed by atoms with Gasteiger partial charge in [0.15, 0.2) is 0 Å². The quantitative estimate of drug-likeness (QED) is 0.852. The zero-order valence-electron chi connectivity index (χ0n) is 15.5. The highest BCUT2D eigenvalue weighted by molar-refractivity contribution is 6.00. The molecule has 8 heteroatoms. The summed E-state index contributed by atoms with van der Waals surface area (Å²) >= 11 is 0. The molecule has 0 aromatic heterocycles. The number of nitrogens with one attached hydrogen (secondary N) is 1. The van der Waals surface area contributed by atoms with Gasteiger partial charge in [-0.3, -0.25) is 9.69 Å². The minimum Gasteiger partial charge on any atom is -0.389 e. The smallest absolute Gasteiger partial charge is 0.389 e. The highest BCUT2D eigenvalue weighted by Crippen LogP contribution is 2.32. The number of benzene rings is 1. The van der Waals surface area contributed by atoms with E-state index in [0.29, 0.717) is 31.9 Å². The Bertz CT molecular complexity index is 656. The van der Waals surface area contributed by atoms with Crippen molar-refractivity contribution in [2.24, 2.45) is 0 Å². The number of carbonyl (C=O) groups excluding carboxylic acids is 1. The largest absolute Gasteiger partial charge is 0.416 e. The molecule has 2 rings (SSSR count). The summed E-state index contributed by atoms with van der Waals surface area (Å²) in [5.41, 5.74) is -1.30. The maximum absolute atomic E-state index is 13.0. The summed E-state index contributed by atoms with van der Waals surface area (Å²) in [5, 5.41) is 12.8. The van der Waals surface area contributed by atoms with Crippen molar-refractivity contribution >= 4 is 11.6 Å². The summed E-state index contributed by atoms with van der Waals surface area (Å²) in [7, 11) is 1.57. The minimum atomic E-state index is -4.50. The number of hydrogen-bond acceptors (Lipinski definition) is 4. The van der Waals surface area contributed by atoms with Crippen molar-refractivity contribution in [3.63, 3.8) is 0 Å². The lowest BCUT2D eigenvalue weighted by Gasteiger charge is -2.42. The van der Waals surface area contributed by atoms with Crippen LogP contribution in [-0.2, 0) is 6.18 Å². The molecule has 2 N–H and O–H groups in total. The molecule has 1 unspecified atom stereocenters. The van der Waals surface area contributed by atoms with Gasteiger partial charge in [0.1, 0.15) is 0 Å². The molecular weight excluding hydrogens is 347 g/mol. The standard InChI is InChI=1S/C18H26F3N3O2/c1-12-10-23(7-8-24(12)11-17(2,3)26)16(25)14-9-13(18(19,20)21)5-6-15(14)22-4/h5-6,9,12,22,26H,7-8,10-11H2,1-4H3. The first-order valence-electron chi connectivity index (χ1n) is 8.57. The second-order valence-electron chi connectivity index (χ2n) is 7.39. The number of aliphatic hydroxyl groups is 1. The van der Waals surface area contributed by atoms with Gasteiger partial charge in [-0.2, -0.15) is 13.2 Å². The van der Waals surface area contributed by atoms with Gasteiger partial charge in [0.25, 0.3) is 5.91 Å². The molecule has 0 radical (unpaired) electrons. The van der Waals surface area contributed by atoms with Crippen LogP contribution < -0.4 is 5.32 Å². The fourth-order valence-corrected chi connectivity index (χ4v) is 3.20. The Balaban J connectivity index is 2.19. The van der Waals surface area contributed by atoms with Crippen molar-refractivity contribution in [3.8, 4) is 0 Å². The molecule has 1 aliphatic rings. The molecular formula is C18H26F3N3O2. The molecule has 1 heterocycles. The number of nitrogens with zero attached hydrogens (tertiary/aromatic N) is 2. The van der Waals surface area contributed by atoms with Crippen LogP contribution in [0.1, 0.15) is 36.7 Å². The maximum atomic E-state index is 13.0. The third-order valence-electron chi connectivity index (χ3n) is 4.49. The Morgan fingerprint density at radius 2 is 1.96 bits per heavy atom. The summed E-state index contributed by atoms with van der Waals surface area (Å²) in [5.74, 6) is -0.421. The first kappa shape index (κ1) is 20.5. The first-order valence-corrected chi connectivity index (χ1v) is 8.57. The molecule has 1 aromatic carbocycles. The SMILES string of the molecule is CNc1ccc(C(F)(F)F)cc1C(=O)N1CCN(CC(C)(C)O)C(C)C1. The Hall–Kier alpha value is -1.80. The summed E-state index contributed by atoms with van der Waals surface area (Å²) < 4.78 is 39.0. The second kappa shape index (κ2) is 7.44. The topological polar surface area (TPSA) is 55.8 Å². The zero-order chi connectivity index (χ0) is 19.7. The molecule has 1 amide bonds. The van der Waals surface area contributed by atoms with Crippen LogP contribution >= 0.6 is 0 Å². The van der Waals surface area contributed by atoms with E-state index >= 15 is 0 Å². The monoisotopic (exact) mass is 373 g/mol. The van der Waals surface area contributed by atoms with E-state index in [9.17, 15) is 23.1 Å². The second-order valence-corrected chi connectivity index (χ2v) is 7.39. The molecule has 1 atom stereocenters. The number of β-amino-alcohol motifs (C(OH)–C–C–N with tert-alkyl or cyclic N) is 1. The Labute approximate surface area is 151 Å². The van der Waals surface area contributed by atoms with Crippen molar-refractivity contribution in [1.29, 1.82) is 0 Å². The van der Waals surface area contributed by atoms with E-state index in [0.717, 1.165) is 12.1 Å². The van der Waals surface area contributed by atoms with Crippen LogP contribution in [0.3, 0.4) is 0 Å². The third kappa shape index (κ3) is 4.88. The van der Waals surface area contributed by atoms with Gasteiger partial charge < -0.3 is 15.3 Å². The van der Waals surface area contributed by atoms with Gasteiger partial charge in [0.05, 0.1) is 16.7 Å². The van der Waals surface area contributed by atoms with Crippen molar-refractivity contribution in [2.75, 3.05) is 38.5 Å². The van der Waals surface area contributed by atoms with Gasteiger partial charge in [-0.25, -0.2) is 0 Å². The predicted molar refractivity (Wildman–Crippen MR) is 94.2 cm³/mol. The number of carbonyl (C=O) groups is 1. The molecule has 5 nitrogen and oxygen atoms in total. The van der Waals surface area contributed by atoms with E-state index < -0.39 is 23.2 Å². The molecule has 0 aliphatic carbocycles. The van der Waals surface area contributed by atoms with Crippen molar-refractivity contribution in [2.45, 2.75) is 38.6 Å². The lowest BCUT2D eigenvalue weighted by molar-refractivity contribution is -0.137. The van der Waals surface area contributed by atoms with Gasteiger partial charge >= 0.3 is 6.18 Å². The van der Waals surface area contributed by atoms with Crippen LogP contribution in [-0.4, -0.2) is 65.7 Å². The van der Waals surface area contributed by atoms with E-state index in [4.69, 9.17) is 0 Å². The fourth-order valence-electron chi connectivity index (χ4n) is 3.20. The lowest BCUT2D eigenvalue weighted by Crippen LogP contribution is -2.56. The average Bonchev–Trinajstić information content (AvgIpc) is 2.53. The maximum Gasteiger partial charge on any atom is 0.416 e. The predicted octanol–water partition coefficient (Wildman–Crippen LogP) is 2.66. The molecule has 0 saturated carbocycles. The van der Waals surface area contributed by atoms with Gasteiger partial charge in [-0.15, -0.1) is 0 Å². The van der Waals surface area contributed by atoms with Crippen molar-refractivity contribution in [3.05, 3.63) is 29.3 Å². The normalized spacial score (nSPS) is 19.5. The van der Waals surface area contributed by atoms with Gasteiger partial charge in [-0.05, 0) is 39.0 Å². The average molecular weight is 373 g/mol. The molecule has 0 spiro atoms. The van der Waals surface area contributed by atoms with E-state index in [1.807, 2.05) is 6.92 Å². The number of alkyl halides is 3. The summed E-state index contributed by atoms with van der Waals surface area (Å²) in [6.45, 7) is 7.22. The number of hydrogen-bond donors (Lipinski definition) is 2. The molecule has 1 aliphatic heterocycles. The Morgan fingerprint density at radius 1 is 1.31 bits per heavy atom. The lowest BCUT2D eigenvalue weighted by atomic mass is 10.0. The van der Waals surface area contributed by atoms with Crippen molar-refractivity contribution in [1.82, 2.24) is 9.80 Å². The first-order chi connectivity index (χ1) is 11.9.